The van der Waals surface area contributed by atoms with E-state index >= 15 is 0 Å². The van der Waals surface area contributed by atoms with Crippen LogP contribution in [0.1, 0.15) is 56.2 Å². The molecule has 0 fully saturated rings. The summed E-state index contributed by atoms with van der Waals surface area (Å²) in [5, 5.41) is 8.82. The lowest BCUT2D eigenvalue weighted by molar-refractivity contribution is 0.789. The zero-order chi connectivity index (χ0) is 10.7. The quantitative estimate of drug-likeness (QED) is 0.690. The first-order valence-corrected chi connectivity index (χ1v) is 5.10. The van der Waals surface area contributed by atoms with E-state index in [1.54, 1.807) is 0 Å². The zero-order valence-corrected chi connectivity index (χ0v) is 9.33. The Balaban J connectivity index is 3.26. The van der Waals surface area contributed by atoms with Crippen molar-refractivity contribution in [3.8, 4) is 6.07 Å². The molecule has 0 spiro atoms. The van der Waals surface area contributed by atoms with Gasteiger partial charge in [0.25, 0.3) is 0 Å². The molecule has 1 rings (SSSR count). The Hall–Kier alpha value is -1.29. The Kier molecular flexibility index (Phi) is 3.30. The fraction of sp³-hybridized carbons (Fsp3) is 0.462. The van der Waals surface area contributed by atoms with Crippen LogP contribution in [0.5, 0.6) is 0 Å². The fourth-order valence-electron chi connectivity index (χ4n) is 1.67. The van der Waals surface area contributed by atoms with E-state index in [1.807, 2.05) is 12.1 Å². The van der Waals surface area contributed by atoms with Crippen molar-refractivity contribution in [2.24, 2.45) is 0 Å². The first kappa shape index (κ1) is 10.8. The van der Waals surface area contributed by atoms with Crippen LogP contribution in [0.2, 0.25) is 0 Å². The summed E-state index contributed by atoms with van der Waals surface area (Å²) in [5.74, 6) is 1.01. The Morgan fingerprint density at radius 1 is 1.00 bits per heavy atom. The Morgan fingerprint density at radius 2 is 1.57 bits per heavy atom. The van der Waals surface area contributed by atoms with Crippen molar-refractivity contribution in [1.29, 1.82) is 5.26 Å². The maximum absolute atomic E-state index is 8.82. The molecule has 0 atom stereocenters. The highest BCUT2D eigenvalue weighted by atomic mass is 14.2. The molecule has 0 aliphatic rings. The van der Waals surface area contributed by atoms with Crippen molar-refractivity contribution in [2.45, 2.75) is 39.5 Å². The van der Waals surface area contributed by atoms with Gasteiger partial charge in [-0.15, -0.1) is 0 Å². The van der Waals surface area contributed by atoms with Gasteiger partial charge in [0.05, 0.1) is 11.6 Å². The lowest BCUT2D eigenvalue weighted by Crippen LogP contribution is -1.99. The van der Waals surface area contributed by atoms with Crippen molar-refractivity contribution in [1.82, 2.24) is 0 Å². The van der Waals surface area contributed by atoms with Crippen LogP contribution in [0.4, 0.5) is 0 Å². The molecule has 1 nitrogen and oxygen atoms in total. The molecule has 0 aliphatic carbocycles. The Morgan fingerprint density at radius 3 is 2.00 bits per heavy atom. The molecule has 0 unspecified atom stereocenters. The van der Waals surface area contributed by atoms with Crippen molar-refractivity contribution in [2.75, 3.05) is 0 Å². The number of hydrogen-bond donors (Lipinski definition) is 0. The summed E-state index contributed by atoms with van der Waals surface area (Å²) >= 11 is 0. The second-order valence-corrected chi connectivity index (χ2v) is 4.26. The third-order valence-electron chi connectivity index (χ3n) is 2.46. The van der Waals surface area contributed by atoms with Gasteiger partial charge in [0.2, 0.25) is 0 Å². The number of nitrogens with zero attached hydrogens (tertiary/aromatic N) is 1. The van der Waals surface area contributed by atoms with E-state index in [0.29, 0.717) is 11.8 Å². The van der Waals surface area contributed by atoms with E-state index in [1.165, 1.54) is 11.1 Å². The molecule has 0 bridgehead atoms. The smallest absolute Gasteiger partial charge is 0.0991 e. The Bertz CT molecular complexity index is 356. The van der Waals surface area contributed by atoms with Gasteiger partial charge in [-0.3, -0.25) is 0 Å². The van der Waals surface area contributed by atoms with Gasteiger partial charge in [-0.25, -0.2) is 0 Å². The summed E-state index contributed by atoms with van der Waals surface area (Å²) in [4.78, 5) is 0. The van der Waals surface area contributed by atoms with E-state index in [9.17, 15) is 0 Å². The largest absolute Gasteiger partial charge is 0.192 e. The van der Waals surface area contributed by atoms with Crippen LogP contribution in [0.25, 0.3) is 0 Å². The molecule has 1 aromatic carbocycles. The first-order chi connectivity index (χ1) is 6.56. The minimum absolute atomic E-state index is 0.487. The predicted molar refractivity (Wildman–Crippen MR) is 59.3 cm³/mol. The lowest BCUT2D eigenvalue weighted by atomic mass is 9.89. The van der Waals surface area contributed by atoms with E-state index in [0.717, 1.165) is 5.56 Å². The summed E-state index contributed by atoms with van der Waals surface area (Å²) in [6.07, 6.45) is 0. The minimum atomic E-state index is 0.487. The van der Waals surface area contributed by atoms with E-state index in [2.05, 4.69) is 39.8 Å². The summed E-state index contributed by atoms with van der Waals surface area (Å²) in [5.41, 5.74) is 3.43. The number of nitriles is 1. The van der Waals surface area contributed by atoms with Crippen LogP contribution in [0, 0.1) is 11.3 Å². The third-order valence-corrected chi connectivity index (χ3v) is 2.46. The van der Waals surface area contributed by atoms with Crippen LogP contribution < -0.4 is 0 Å². The zero-order valence-electron chi connectivity index (χ0n) is 9.33. The summed E-state index contributed by atoms with van der Waals surface area (Å²) in [6, 6.07) is 8.19. The molecule has 0 N–H and O–H groups in total. The van der Waals surface area contributed by atoms with Gasteiger partial charge in [-0.05, 0) is 35.1 Å². The molecule has 0 heterocycles. The number of benzene rings is 1. The average Bonchev–Trinajstić information content (AvgIpc) is 2.16. The van der Waals surface area contributed by atoms with E-state index in [-0.39, 0.29) is 0 Å². The van der Waals surface area contributed by atoms with Gasteiger partial charge < -0.3 is 0 Å². The second-order valence-electron chi connectivity index (χ2n) is 4.26. The van der Waals surface area contributed by atoms with Crippen molar-refractivity contribution in [3.63, 3.8) is 0 Å². The molecule has 1 aromatic rings. The first-order valence-electron chi connectivity index (χ1n) is 5.10. The number of rotatable bonds is 2. The molecule has 14 heavy (non-hydrogen) atoms. The highest BCUT2D eigenvalue weighted by Gasteiger charge is 2.10. The van der Waals surface area contributed by atoms with Crippen LogP contribution >= 0.6 is 0 Å². The van der Waals surface area contributed by atoms with Crippen molar-refractivity contribution in [3.05, 3.63) is 34.9 Å². The normalized spacial score (nSPS) is 10.6. The summed E-state index contributed by atoms with van der Waals surface area (Å²) in [7, 11) is 0. The Labute approximate surface area is 86.4 Å². The fourth-order valence-corrected chi connectivity index (χ4v) is 1.67. The molecule has 0 saturated carbocycles. The number of hydrogen-bond acceptors (Lipinski definition) is 1. The van der Waals surface area contributed by atoms with Crippen LogP contribution in [0.3, 0.4) is 0 Å². The van der Waals surface area contributed by atoms with E-state index in [4.69, 9.17) is 5.26 Å². The molecule has 0 saturated heterocycles. The van der Waals surface area contributed by atoms with Gasteiger partial charge >= 0.3 is 0 Å². The summed E-state index contributed by atoms with van der Waals surface area (Å²) in [6.45, 7) is 8.71. The highest BCUT2D eigenvalue weighted by Crippen LogP contribution is 2.26. The van der Waals surface area contributed by atoms with E-state index < -0.39 is 0 Å². The molecular formula is C13H17N. The topological polar surface area (TPSA) is 23.8 Å². The predicted octanol–water partition coefficient (Wildman–Crippen LogP) is 3.81. The second kappa shape index (κ2) is 4.28. The molecule has 0 amide bonds. The standard InChI is InChI=1S/C13H17N/c1-9(2)12-6-5-11(8-14)7-13(12)10(3)4/h5-7,9-10H,1-4H3. The molecule has 1 heteroatoms. The highest BCUT2D eigenvalue weighted by molar-refractivity contribution is 5.40. The van der Waals surface area contributed by atoms with Crippen molar-refractivity contribution >= 4 is 0 Å². The van der Waals surface area contributed by atoms with Gasteiger partial charge in [0, 0.05) is 0 Å². The molecule has 0 aromatic heterocycles. The molecule has 0 aliphatic heterocycles. The molecule has 74 valence electrons. The molecule has 0 radical (unpaired) electrons. The maximum atomic E-state index is 8.82. The summed E-state index contributed by atoms with van der Waals surface area (Å²) < 4.78 is 0. The van der Waals surface area contributed by atoms with Crippen LogP contribution in [-0.4, -0.2) is 0 Å². The van der Waals surface area contributed by atoms with Gasteiger partial charge in [0.15, 0.2) is 0 Å². The maximum Gasteiger partial charge on any atom is 0.0991 e. The lowest BCUT2D eigenvalue weighted by Gasteiger charge is -2.15. The van der Waals surface area contributed by atoms with Crippen LogP contribution in [0.15, 0.2) is 18.2 Å². The van der Waals surface area contributed by atoms with Gasteiger partial charge in [-0.1, -0.05) is 33.8 Å². The minimum Gasteiger partial charge on any atom is -0.192 e. The third kappa shape index (κ3) is 2.14. The monoisotopic (exact) mass is 187 g/mol. The van der Waals surface area contributed by atoms with Crippen LogP contribution in [-0.2, 0) is 0 Å². The average molecular weight is 187 g/mol. The van der Waals surface area contributed by atoms with Gasteiger partial charge in [0.1, 0.15) is 0 Å². The molecular weight excluding hydrogens is 170 g/mol. The van der Waals surface area contributed by atoms with Crippen molar-refractivity contribution < 1.29 is 0 Å². The SMILES string of the molecule is CC(C)c1ccc(C#N)cc1C(C)C. The van der Waals surface area contributed by atoms with Gasteiger partial charge in [-0.2, -0.15) is 5.26 Å².